The third-order valence-electron chi connectivity index (χ3n) is 12.1. The Kier molecular flexibility index (Phi) is 6.94. The fourth-order valence-electron chi connectivity index (χ4n) is 8.41. The molecule has 0 unspecified atom stereocenters. The fourth-order valence-corrected chi connectivity index (χ4v) is 8.41. The molecule has 4 saturated heterocycles. The number of benzene rings is 1. The average Bonchev–Trinajstić information content (AvgIpc) is 3.63. The molecule has 0 N–H and O–H groups in total. The number of ether oxygens (including phenoxy) is 1. The van der Waals surface area contributed by atoms with Gasteiger partial charge in [0.15, 0.2) is 0 Å². The molecule has 2 atom stereocenters. The van der Waals surface area contributed by atoms with E-state index in [0.29, 0.717) is 37.4 Å². The average molecular weight is 592 g/mol. The van der Waals surface area contributed by atoms with Gasteiger partial charge in [0.2, 0.25) is 5.91 Å². The van der Waals surface area contributed by atoms with Gasteiger partial charge in [0.25, 0.3) is 5.91 Å². The molecule has 1 aromatic carbocycles. The minimum Gasteiger partial charge on any atom is -0.399 e. The molecule has 43 heavy (non-hydrogen) atoms. The summed E-state index contributed by atoms with van der Waals surface area (Å²) in [7, 11) is -0.474. The van der Waals surface area contributed by atoms with Crippen LogP contribution in [-0.2, 0) is 29.0 Å². The van der Waals surface area contributed by atoms with Crippen molar-refractivity contribution >= 4 is 30.1 Å². The highest BCUT2D eigenvalue weighted by molar-refractivity contribution is 6.62. The van der Waals surface area contributed by atoms with E-state index in [2.05, 4.69) is 69.5 Å². The number of piperidine rings is 1. The Morgan fingerprint density at radius 3 is 2.16 bits per heavy atom. The van der Waals surface area contributed by atoms with Crippen molar-refractivity contribution in [2.45, 2.75) is 134 Å². The fraction of sp³-hybridized carbons (Fsp3) is 0.765. The summed E-state index contributed by atoms with van der Waals surface area (Å²) < 4.78 is 18.7. The van der Waals surface area contributed by atoms with Crippen molar-refractivity contribution in [3.05, 3.63) is 23.8 Å². The van der Waals surface area contributed by atoms with Crippen LogP contribution in [0.1, 0.15) is 99.0 Å². The molecule has 0 aromatic heterocycles. The predicted octanol–water partition coefficient (Wildman–Crippen LogP) is 4.02. The van der Waals surface area contributed by atoms with Gasteiger partial charge in [-0.15, -0.1) is 0 Å². The molecule has 1 spiro atoms. The van der Waals surface area contributed by atoms with E-state index >= 15 is 0 Å². The third-order valence-corrected chi connectivity index (χ3v) is 12.1. The molecule has 8 nitrogen and oxygen atoms in total. The second-order valence-electron chi connectivity index (χ2n) is 16.1. The Bertz CT molecular complexity index is 1280. The molecule has 2 amide bonds. The van der Waals surface area contributed by atoms with Crippen LogP contribution in [-0.4, -0.2) is 90.4 Å². The van der Waals surface area contributed by atoms with Crippen molar-refractivity contribution in [2.75, 3.05) is 31.1 Å². The molecule has 5 fully saturated rings. The first kappa shape index (κ1) is 29.8. The molecule has 0 bridgehead atoms. The lowest BCUT2D eigenvalue weighted by atomic mass is 9.71. The number of likely N-dealkylation sites (tertiary alicyclic amines) is 2. The number of carbonyl (C=O) groups is 2. The number of amides is 2. The topological polar surface area (TPSA) is 71.6 Å². The number of carbonyl (C=O) groups excluding carboxylic acids is 2. The summed E-state index contributed by atoms with van der Waals surface area (Å²) in [6, 6.07) is 7.16. The monoisotopic (exact) mass is 591 g/mol. The van der Waals surface area contributed by atoms with Crippen molar-refractivity contribution in [3.63, 3.8) is 0 Å². The second kappa shape index (κ2) is 10.0. The van der Waals surface area contributed by atoms with Gasteiger partial charge >= 0.3 is 7.12 Å². The molecular formula is C34H50BN3O5. The summed E-state index contributed by atoms with van der Waals surface area (Å²) in [5.74, 6) is 0.310. The smallest absolute Gasteiger partial charge is 0.399 e. The number of nitrogens with zero attached hydrogens (tertiary/aromatic N) is 3. The molecule has 6 aliphatic rings. The Balaban J connectivity index is 1.15. The SMILES string of the molecule is C[C@H]1CC[C@@H](C(=O)N2CCC3(CC2)C(=O)N([C@H]2C[C@@H](N4CCC(C)(C)C4)C2)c2cc(B4OC(C)(C)C(C)(C)O4)ccc23)O1. The summed E-state index contributed by atoms with van der Waals surface area (Å²) in [6.07, 6.45) is 6.08. The van der Waals surface area contributed by atoms with Crippen LogP contribution in [0, 0.1) is 5.41 Å². The van der Waals surface area contributed by atoms with Crippen molar-refractivity contribution in [1.82, 2.24) is 9.80 Å². The van der Waals surface area contributed by atoms with Gasteiger partial charge < -0.3 is 23.8 Å². The molecule has 5 aliphatic heterocycles. The van der Waals surface area contributed by atoms with Gasteiger partial charge in [-0.1, -0.05) is 26.0 Å². The van der Waals surface area contributed by atoms with Crippen LogP contribution in [0.15, 0.2) is 18.2 Å². The molecule has 9 heteroatoms. The second-order valence-corrected chi connectivity index (χ2v) is 16.1. The number of hydrogen-bond donors (Lipinski definition) is 0. The molecule has 5 heterocycles. The summed E-state index contributed by atoms with van der Waals surface area (Å²) in [6.45, 7) is 18.5. The van der Waals surface area contributed by atoms with Crippen LogP contribution in [0.5, 0.6) is 0 Å². The lowest BCUT2D eigenvalue weighted by Crippen LogP contribution is -2.58. The van der Waals surface area contributed by atoms with E-state index in [4.69, 9.17) is 14.0 Å². The van der Waals surface area contributed by atoms with Crippen LogP contribution in [0.2, 0.25) is 0 Å². The van der Waals surface area contributed by atoms with Crippen LogP contribution in [0.3, 0.4) is 0 Å². The van der Waals surface area contributed by atoms with Crippen LogP contribution in [0.25, 0.3) is 0 Å². The minimum atomic E-state index is -0.592. The molecule has 234 valence electrons. The maximum atomic E-state index is 14.6. The largest absolute Gasteiger partial charge is 0.494 e. The summed E-state index contributed by atoms with van der Waals surface area (Å²) in [5.41, 5.74) is 2.01. The van der Waals surface area contributed by atoms with Crippen LogP contribution in [0.4, 0.5) is 5.69 Å². The maximum Gasteiger partial charge on any atom is 0.494 e. The quantitative estimate of drug-likeness (QED) is 0.493. The van der Waals surface area contributed by atoms with Gasteiger partial charge in [0, 0.05) is 37.4 Å². The van der Waals surface area contributed by atoms with Crippen molar-refractivity contribution in [1.29, 1.82) is 0 Å². The molecular weight excluding hydrogens is 541 g/mol. The van der Waals surface area contributed by atoms with E-state index in [1.165, 1.54) is 6.42 Å². The van der Waals surface area contributed by atoms with Crippen molar-refractivity contribution in [2.24, 2.45) is 5.41 Å². The number of fused-ring (bicyclic) bond motifs is 2. The highest BCUT2D eigenvalue weighted by Crippen LogP contribution is 2.51. The van der Waals surface area contributed by atoms with Gasteiger partial charge in [-0.05, 0) is 109 Å². The standard InChI is InChI=1S/C34H50BN3O5/c1-22-8-11-28(41-22)29(39)36-16-13-34(14-17-36)26-10-9-23(35-42-32(4,5)33(6,7)43-35)18-27(26)38(30(34)40)25-19-24(20-25)37-15-12-31(2,3)21-37/h9-10,18,22,24-25,28H,8,11-17,19-21H2,1-7H3/t22-,24-,25+,28-/m0/s1. The third kappa shape index (κ3) is 4.79. The normalized spacial score (nSPS) is 34.2. The summed E-state index contributed by atoms with van der Waals surface area (Å²) in [5, 5.41) is 0. The predicted molar refractivity (Wildman–Crippen MR) is 167 cm³/mol. The van der Waals surface area contributed by atoms with E-state index in [0.717, 1.165) is 55.5 Å². The first-order valence-corrected chi connectivity index (χ1v) is 16.7. The first-order chi connectivity index (χ1) is 20.2. The van der Waals surface area contributed by atoms with E-state index in [-0.39, 0.29) is 30.1 Å². The van der Waals surface area contributed by atoms with Gasteiger partial charge in [-0.25, -0.2) is 0 Å². The van der Waals surface area contributed by atoms with Crippen LogP contribution >= 0.6 is 0 Å². The number of anilines is 1. The number of hydrogen-bond acceptors (Lipinski definition) is 6. The molecule has 7 rings (SSSR count). The molecule has 1 aromatic rings. The zero-order valence-electron chi connectivity index (χ0n) is 27.3. The van der Waals surface area contributed by atoms with Gasteiger partial charge in [0.1, 0.15) is 6.10 Å². The number of rotatable bonds is 4. The highest BCUT2D eigenvalue weighted by Gasteiger charge is 2.57. The zero-order chi connectivity index (χ0) is 30.5. The summed E-state index contributed by atoms with van der Waals surface area (Å²) in [4.78, 5) is 34.6. The first-order valence-electron chi connectivity index (χ1n) is 16.7. The molecule has 1 saturated carbocycles. The Morgan fingerprint density at radius 1 is 0.907 bits per heavy atom. The van der Waals surface area contributed by atoms with E-state index in [1.54, 1.807) is 0 Å². The van der Waals surface area contributed by atoms with E-state index < -0.39 is 23.7 Å². The van der Waals surface area contributed by atoms with Crippen LogP contribution < -0.4 is 10.4 Å². The Hall–Kier alpha value is -1.94. The Morgan fingerprint density at radius 2 is 1.58 bits per heavy atom. The van der Waals surface area contributed by atoms with Gasteiger partial charge in [0.05, 0.1) is 22.7 Å². The Labute approximate surface area is 257 Å². The zero-order valence-corrected chi connectivity index (χ0v) is 27.3. The minimum absolute atomic E-state index is 0.0909. The van der Waals surface area contributed by atoms with E-state index in [1.807, 2.05) is 11.8 Å². The van der Waals surface area contributed by atoms with E-state index in [9.17, 15) is 9.59 Å². The lowest BCUT2D eigenvalue weighted by molar-refractivity contribution is -0.145. The highest BCUT2D eigenvalue weighted by atomic mass is 16.7. The molecule has 1 aliphatic carbocycles. The van der Waals surface area contributed by atoms with Gasteiger partial charge in [-0.2, -0.15) is 0 Å². The van der Waals surface area contributed by atoms with Crippen molar-refractivity contribution in [3.8, 4) is 0 Å². The summed E-state index contributed by atoms with van der Waals surface area (Å²) >= 11 is 0. The molecule has 0 radical (unpaired) electrons. The van der Waals surface area contributed by atoms with Gasteiger partial charge in [-0.3, -0.25) is 14.5 Å². The van der Waals surface area contributed by atoms with Crippen molar-refractivity contribution < 1.29 is 23.6 Å². The maximum absolute atomic E-state index is 14.6. The lowest BCUT2D eigenvalue weighted by Gasteiger charge is -2.46.